The van der Waals surface area contributed by atoms with Crippen molar-refractivity contribution in [3.8, 4) is 0 Å². The first-order chi connectivity index (χ1) is 15.2. The quantitative estimate of drug-likeness (QED) is 0.333. The summed E-state index contributed by atoms with van der Waals surface area (Å²) in [5.74, 6) is -1.13. The van der Waals surface area contributed by atoms with E-state index in [4.69, 9.17) is 19.6 Å². The highest BCUT2D eigenvalue weighted by Gasteiger charge is 2.29. The zero-order valence-electron chi connectivity index (χ0n) is 18.5. The minimum Gasteiger partial charge on any atom is -0.292 e. The van der Waals surface area contributed by atoms with Crippen molar-refractivity contribution in [2.45, 2.75) is 38.9 Å². The standard InChI is InChI=1S/C26H26O6/c1-25(2,31-29-23(27)19-11-7-5-8-12-19)21-15-17-22(18-16-21)26(3,4)32-30-24(28)20-13-9-6-10-14-20/h5-18H,1-4H3. The molecule has 3 rings (SSSR count). The molecular formula is C26H26O6. The van der Waals surface area contributed by atoms with Crippen molar-refractivity contribution in [3.63, 3.8) is 0 Å². The number of hydrogen-bond donors (Lipinski definition) is 0. The summed E-state index contributed by atoms with van der Waals surface area (Å²) in [4.78, 5) is 45.2. The summed E-state index contributed by atoms with van der Waals surface area (Å²) >= 11 is 0. The van der Waals surface area contributed by atoms with Crippen LogP contribution in [0.4, 0.5) is 0 Å². The van der Waals surface area contributed by atoms with E-state index in [1.807, 2.05) is 36.4 Å². The van der Waals surface area contributed by atoms with Crippen molar-refractivity contribution in [3.05, 3.63) is 107 Å². The van der Waals surface area contributed by atoms with Crippen LogP contribution in [0.5, 0.6) is 0 Å². The van der Waals surface area contributed by atoms with Crippen LogP contribution in [0, 0.1) is 0 Å². The molecular weight excluding hydrogens is 408 g/mol. The van der Waals surface area contributed by atoms with Crippen LogP contribution in [0.2, 0.25) is 0 Å². The lowest BCUT2D eigenvalue weighted by Crippen LogP contribution is -2.26. The molecule has 0 saturated heterocycles. The number of hydrogen-bond acceptors (Lipinski definition) is 6. The van der Waals surface area contributed by atoms with E-state index in [1.54, 1.807) is 76.2 Å². The maximum absolute atomic E-state index is 12.1. The predicted molar refractivity (Wildman–Crippen MR) is 118 cm³/mol. The van der Waals surface area contributed by atoms with E-state index in [0.717, 1.165) is 11.1 Å². The molecule has 0 amide bonds. The fraction of sp³-hybridized carbons (Fsp3) is 0.231. The van der Waals surface area contributed by atoms with Crippen molar-refractivity contribution in [2.24, 2.45) is 0 Å². The molecule has 3 aromatic rings. The summed E-state index contributed by atoms with van der Waals surface area (Å²) in [6.45, 7) is 7.18. The normalized spacial score (nSPS) is 11.6. The topological polar surface area (TPSA) is 71.1 Å². The van der Waals surface area contributed by atoms with E-state index in [1.165, 1.54) is 0 Å². The molecule has 0 fully saturated rings. The van der Waals surface area contributed by atoms with Crippen molar-refractivity contribution in [1.29, 1.82) is 0 Å². The zero-order chi connectivity index (χ0) is 23.2. The van der Waals surface area contributed by atoms with Gasteiger partial charge in [0.2, 0.25) is 0 Å². The Labute approximate surface area is 187 Å². The molecule has 0 radical (unpaired) electrons. The molecule has 32 heavy (non-hydrogen) atoms. The highest BCUT2D eigenvalue weighted by molar-refractivity contribution is 5.89. The van der Waals surface area contributed by atoms with E-state index >= 15 is 0 Å². The summed E-state index contributed by atoms with van der Waals surface area (Å²) < 4.78 is 0. The van der Waals surface area contributed by atoms with Gasteiger partial charge in [0.25, 0.3) is 0 Å². The van der Waals surface area contributed by atoms with Crippen LogP contribution in [0.15, 0.2) is 84.9 Å². The molecule has 6 nitrogen and oxygen atoms in total. The van der Waals surface area contributed by atoms with Gasteiger partial charge < -0.3 is 0 Å². The van der Waals surface area contributed by atoms with Crippen LogP contribution in [0.3, 0.4) is 0 Å². The highest BCUT2D eigenvalue weighted by atomic mass is 17.2. The smallest absolute Gasteiger partial charge is 0.292 e. The maximum Gasteiger partial charge on any atom is 0.373 e. The number of rotatable bonds is 8. The second kappa shape index (κ2) is 9.77. The summed E-state index contributed by atoms with van der Waals surface area (Å²) in [6, 6.07) is 24.6. The first-order valence-electron chi connectivity index (χ1n) is 10.2. The molecule has 0 saturated carbocycles. The molecule has 0 aliphatic rings. The molecule has 3 aromatic carbocycles. The lowest BCUT2D eigenvalue weighted by atomic mass is 9.92. The monoisotopic (exact) mass is 434 g/mol. The first-order valence-corrected chi connectivity index (χ1v) is 10.2. The average Bonchev–Trinajstić information content (AvgIpc) is 2.82. The van der Waals surface area contributed by atoms with Gasteiger partial charge in [0.15, 0.2) is 0 Å². The molecule has 0 atom stereocenters. The van der Waals surface area contributed by atoms with Gasteiger partial charge in [-0.3, -0.25) is 9.78 Å². The largest absolute Gasteiger partial charge is 0.373 e. The molecule has 0 N–H and O–H groups in total. The highest BCUT2D eigenvalue weighted by Crippen LogP contribution is 2.30. The number of carbonyl (C=O) groups excluding carboxylic acids is 2. The van der Waals surface area contributed by atoms with Crippen LogP contribution < -0.4 is 0 Å². The molecule has 0 aliphatic heterocycles. The Kier molecular flexibility index (Phi) is 7.08. The Morgan fingerprint density at radius 3 is 1.16 bits per heavy atom. The molecule has 0 unspecified atom stereocenters. The van der Waals surface area contributed by atoms with Gasteiger partial charge in [-0.1, -0.05) is 60.7 Å². The van der Waals surface area contributed by atoms with E-state index in [9.17, 15) is 9.59 Å². The molecule has 166 valence electrons. The van der Waals surface area contributed by atoms with E-state index in [2.05, 4.69) is 0 Å². The summed E-state index contributed by atoms with van der Waals surface area (Å²) in [7, 11) is 0. The number of benzene rings is 3. The molecule has 0 heterocycles. The Morgan fingerprint density at radius 1 is 0.531 bits per heavy atom. The number of carbonyl (C=O) groups is 2. The Morgan fingerprint density at radius 2 is 0.844 bits per heavy atom. The van der Waals surface area contributed by atoms with Gasteiger partial charge >= 0.3 is 11.9 Å². The second-order valence-electron chi connectivity index (χ2n) is 8.24. The first kappa shape index (κ1) is 23.2. The van der Waals surface area contributed by atoms with Crippen molar-refractivity contribution < 1.29 is 29.1 Å². The molecule has 6 heteroatoms. The van der Waals surface area contributed by atoms with Crippen molar-refractivity contribution in [1.82, 2.24) is 0 Å². The molecule has 0 aliphatic carbocycles. The SMILES string of the molecule is CC(C)(OOC(=O)c1ccccc1)c1ccc(C(C)(C)OOC(=O)c2ccccc2)cc1. The van der Waals surface area contributed by atoms with Crippen LogP contribution in [-0.2, 0) is 30.8 Å². The van der Waals surface area contributed by atoms with Crippen molar-refractivity contribution in [2.75, 3.05) is 0 Å². The van der Waals surface area contributed by atoms with Gasteiger partial charge in [0.05, 0.1) is 11.1 Å². The van der Waals surface area contributed by atoms with Gasteiger partial charge in [0.1, 0.15) is 11.2 Å². The van der Waals surface area contributed by atoms with Crippen molar-refractivity contribution >= 4 is 11.9 Å². The summed E-state index contributed by atoms with van der Waals surface area (Å²) in [5, 5.41) is 0. The second-order valence-corrected chi connectivity index (χ2v) is 8.24. The van der Waals surface area contributed by atoms with Gasteiger partial charge in [-0.05, 0) is 63.1 Å². The molecule has 0 spiro atoms. The lowest BCUT2D eigenvalue weighted by Gasteiger charge is -2.26. The lowest BCUT2D eigenvalue weighted by molar-refractivity contribution is -0.312. The minimum atomic E-state index is -0.881. The third-order valence-corrected chi connectivity index (χ3v) is 4.95. The van der Waals surface area contributed by atoms with Crippen LogP contribution in [-0.4, -0.2) is 11.9 Å². The minimum absolute atomic E-state index is 0.405. The van der Waals surface area contributed by atoms with Gasteiger partial charge in [0, 0.05) is 0 Å². The third kappa shape index (κ3) is 5.81. The summed E-state index contributed by atoms with van der Waals surface area (Å²) in [6.07, 6.45) is 0. The van der Waals surface area contributed by atoms with Crippen LogP contribution in [0.1, 0.15) is 59.5 Å². The van der Waals surface area contributed by atoms with E-state index in [0.29, 0.717) is 11.1 Å². The van der Waals surface area contributed by atoms with E-state index < -0.39 is 23.1 Å². The molecule has 0 aromatic heterocycles. The predicted octanol–water partition coefficient (Wildman–Crippen LogP) is 5.73. The fourth-order valence-electron chi connectivity index (χ4n) is 2.90. The average molecular weight is 434 g/mol. The maximum atomic E-state index is 12.1. The van der Waals surface area contributed by atoms with E-state index in [-0.39, 0.29) is 0 Å². The fourth-order valence-corrected chi connectivity index (χ4v) is 2.90. The van der Waals surface area contributed by atoms with Crippen LogP contribution >= 0.6 is 0 Å². The van der Waals surface area contributed by atoms with Gasteiger partial charge in [-0.2, -0.15) is 9.78 Å². The van der Waals surface area contributed by atoms with Crippen LogP contribution in [0.25, 0.3) is 0 Å². The van der Waals surface area contributed by atoms with Gasteiger partial charge in [-0.15, -0.1) is 0 Å². The third-order valence-electron chi connectivity index (χ3n) is 4.95. The zero-order valence-corrected chi connectivity index (χ0v) is 18.5. The Hall–Kier alpha value is -3.48. The Balaban J connectivity index is 1.61. The molecule has 0 bridgehead atoms. The Bertz CT molecular complexity index is 954. The van der Waals surface area contributed by atoms with Gasteiger partial charge in [-0.25, -0.2) is 9.59 Å². The summed E-state index contributed by atoms with van der Waals surface area (Å²) in [5.41, 5.74) is 0.630.